The fraction of sp³-hybridized carbons (Fsp3) is 0.500. The van der Waals surface area contributed by atoms with Crippen LogP contribution in [-0.4, -0.2) is 41.0 Å². The first kappa shape index (κ1) is 15.6. The molecule has 1 saturated heterocycles. The van der Waals surface area contributed by atoms with Crippen molar-refractivity contribution < 1.29 is 4.79 Å². The molecule has 4 rings (SSSR count). The van der Waals surface area contributed by atoms with Gasteiger partial charge in [0.15, 0.2) is 0 Å². The van der Waals surface area contributed by atoms with E-state index in [1.54, 1.807) is 0 Å². The molecule has 1 N–H and O–H groups in total. The van der Waals surface area contributed by atoms with Gasteiger partial charge in [-0.1, -0.05) is 11.6 Å². The fourth-order valence-electron chi connectivity index (χ4n) is 3.07. The number of rotatable bonds is 4. The van der Waals surface area contributed by atoms with Gasteiger partial charge in [-0.15, -0.1) is 22.7 Å². The molecule has 2 fully saturated rings. The van der Waals surface area contributed by atoms with Gasteiger partial charge in [-0.25, -0.2) is 4.98 Å². The number of thiazole rings is 1. The number of likely N-dealkylation sites (tertiary alicyclic amines) is 1. The van der Waals surface area contributed by atoms with Crippen molar-refractivity contribution >= 4 is 40.2 Å². The number of nitrogens with one attached hydrogen (secondary N) is 1. The Morgan fingerprint density at radius 1 is 1.35 bits per heavy atom. The first-order valence-electron chi connectivity index (χ1n) is 7.88. The molecule has 2 aromatic heterocycles. The van der Waals surface area contributed by atoms with Crippen LogP contribution in [0.25, 0.3) is 9.88 Å². The third-order valence-electron chi connectivity index (χ3n) is 4.40. The van der Waals surface area contributed by atoms with Crippen LogP contribution in [0.4, 0.5) is 0 Å². The number of carbonyl (C=O) groups excluding carboxylic acids is 1. The van der Waals surface area contributed by atoms with E-state index in [-0.39, 0.29) is 11.9 Å². The summed E-state index contributed by atoms with van der Waals surface area (Å²) >= 11 is 8.93. The van der Waals surface area contributed by atoms with E-state index in [1.165, 1.54) is 35.5 Å². The number of thiophene rings is 1. The minimum absolute atomic E-state index is 0.0107. The standard InChI is InChI=1S/C16H18ClN3OS2/c1-9-14(23-16(18-9)12-4-5-13(17)22-12)15(21)19-10-6-7-20(8-10)11-2-3-11/h4-5,10-11H,2-3,6-8H2,1H3,(H,19,21). The van der Waals surface area contributed by atoms with Gasteiger partial charge in [-0.05, 0) is 38.3 Å². The predicted octanol–water partition coefficient (Wildman–Crippen LogP) is 3.80. The lowest BCUT2D eigenvalue weighted by Gasteiger charge is -2.15. The molecule has 0 radical (unpaired) electrons. The van der Waals surface area contributed by atoms with Crippen LogP contribution >= 0.6 is 34.3 Å². The summed E-state index contributed by atoms with van der Waals surface area (Å²) in [6, 6.07) is 4.86. The van der Waals surface area contributed by atoms with E-state index < -0.39 is 0 Å². The molecule has 1 aliphatic carbocycles. The zero-order valence-corrected chi connectivity index (χ0v) is 15.2. The van der Waals surface area contributed by atoms with E-state index in [4.69, 9.17) is 11.6 Å². The van der Waals surface area contributed by atoms with Crippen LogP contribution < -0.4 is 5.32 Å². The lowest BCUT2D eigenvalue weighted by Crippen LogP contribution is -2.37. The molecule has 1 aliphatic heterocycles. The van der Waals surface area contributed by atoms with Crippen LogP contribution in [0, 0.1) is 6.92 Å². The zero-order valence-electron chi connectivity index (χ0n) is 12.8. The van der Waals surface area contributed by atoms with Gasteiger partial charge >= 0.3 is 0 Å². The summed E-state index contributed by atoms with van der Waals surface area (Å²) in [6.45, 7) is 3.99. The Hall–Kier alpha value is -0.950. The molecule has 1 saturated carbocycles. The third kappa shape index (κ3) is 3.31. The monoisotopic (exact) mass is 367 g/mol. The molecule has 1 amide bonds. The van der Waals surface area contributed by atoms with Crippen molar-refractivity contribution in [2.75, 3.05) is 13.1 Å². The first-order valence-corrected chi connectivity index (χ1v) is 9.89. The molecule has 0 spiro atoms. The molecule has 0 bridgehead atoms. The molecule has 2 aliphatic rings. The molecule has 4 nitrogen and oxygen atoms in total. The summed E-state index contributed by atoms with van der Waals surface area (Å²) in [5.41, 5.74) is 0.795. The highest BCUT2D eigenvalue weighted by Gasteiger charge is 2.35. The minimum atomic E-state index is 0.0107. The number of nitrogens with zero attached hydrogens (tertiary/aromatic N) is 2. The van der Waals surface area contributed by atoms with E-state index >= 15 is 0 Å². The van der Waals surface area contributed by atoms with E-state index in [0.29, 0.717) is 0 Å². The molecule has 23 heavy (non-hydrogen) atoms. The molecule has 7 heteroatoms. The van der Waals surface area contributed by atoms with Crippen molar-refractivity contribution in [2.24, 2.45) is 0 Å². The van der Waals surface area contributed by atoms with Crippen LogP contribution in [0.5, 0.6) is 0 Å². The number of hydrogen-bond donors (Lipinski definition) is 1. The van der Waals surface area contributed by atoms with Gasteiger partial charge in [0.25, 0.3) is 5.91 Å². The quantitative estimate of drug-likeness (QED) is 0.893. The first-order chi connectivity index (χ1) is 11.1. The van der Waals surface area contributed by atoms with Crippen molar-refractivity contribution in [3.05, 3.63) is 27.0 Å². The van der Waals surface area contributed by atoms with Gasteiger partial charge in [0.05, 0.1) is 14.9 Å². The normalized spacial score (nSPS) is 21.7. The molecule has 3 heterocycles. The van der Waals surface area contributed by atoms with Crippen molar-refractivity contribution in [1.82, 2.24) is 15.2 Å². The number of halogens is 1. The second-order valence-electron chi connectivity index (χ2n) is 6.22. The van der Waals surface area contributed by atoms with Crippen molar-refractivity contribution in [1.29, 1.82) is 0 Å². The predicted molar refractivity (Wildman–Crippen MR) is 95.6 cm³/mol. The number of aryl methyl sites for hydroxylation is 1. The van der Waals surface area contributed by atoms with E-state index in [9.17, 15) is 4.79 Å². The number of carbonyl (C=O) groups is 1. The highest BCUT2D eigenvalue weighted by atomic mass is 35.5. The molecular weight excluding hydrogens is 350 g/mol. The van der Waals surface area contributed by atoms with Gasteiger partial charge in [-0.3, -0.25) is 9.69 Å². The van der Waals surface area contributed by atoms with Crippen molar-refractivity contribution in [3.8, 4) is 9.88 Å². The summed E-state index contributed by atoms with van der Waals surface area (Å²) in [5, 5.41) is 4.06. The molecule has 2 aromatic rings. The van der Waals surface area contributed by atoms with Crippen LogP contribution in [-0.2, 0) is 0 Å². The average molecular weight is 368 g/mol. The summed E-state index contributed by atoms with van der Waals surface area (Å²) in [7, 11) is 0. The Bertz CT molecular complexity index is 738. The molecule has 0 aromatic carbocycles. The van der Waals surface area contributed by atoms with Gasteiger partial charge < -0.3 is 5.32 Å². The molecule has 1 unspecified atom stereocenters. The molecular formula is C16H18ClN3OS2. The van der Waals surface area contributed by atoms with Gasteiger partial charge in [0.1, 0.15) is 9.88 Å². The summed E-state index contributed by atoms with van der Waals surface area (Å²) in [5.74, 6) is 0.0107. The second-order valence-corrected chi connectivity index (χ2v) is 8.94. The van der Waals surface area contributed by atoms with Crippen molar-refractivity contribution in [3.63, 3.8) is 0 Å². The fourth-order valence-corrected chi connectivity index (χ4v) is 5.14. The highest BCUT2D eigenvalue weighted by molar-refractivity contribution is 7.24. The maximum absolute atomic E-state index is 12.6. The lowest BCUT2D eigenvalue weighted by molar-refractivity contribution is 0.0941. The van der Waals surface area contributed by atoms with Crippen molar-refractivity contribution in [2.45, 2.75) is 38.3 Å². The van der Waals surface area contributed by atoms with E-state index in [1.807, 2.05) is 19.1 Å². The topological polar surface area (TPSA) is 45.2 Å². The largest absolute Gasteiger partial charge is 0.347 e. The summed E-state index contributed by atoms with van der Waals surface area (Å²) in [4.78, 5) is 21.4. The van der Waals surface area contributed by atoms with Crippen LogP contribution in [0.1, 0.15) is 34.6 Å². The van der Waals surface area contributed by atoms with Crippen LogP contribution in [0.3, 0.4) is 0 Å². The third-order valence-corrected chi connectivity index (χ3v) is 6.96. The maximum Gasteiger partial charge on any atom is 0.263 e. The second kappa shape index (κ2) is 6.16. The zero-order chi connectivity index (χ0) is 16.0. The maximum atomic E-state index is 12.6. The molecule has 122 valence electrons. The Labute approximate surface area is 148 Å². The number of amides is 1. The Balaban J connectivity index is 1.45. The minimum Gasteiger partial charge on any atom is -0.347 e. The Kier molecular flexibility index (Phi) is 4.17. The Morgan fingerprint density at radius 2 is 2.17 bits per heavy atom. The van der Waals surface area contributed by atoms with Gasteiger partial charge in [0.2, 0.25) is 0 Å². The highest BCUT2D eigenvalue weighted by Crippen LogP contribution is 2.35. The van der Waals surface area contributed by atoms with Gasteiger partial charge in [0, 0.05) is 25.2 Å². The van der Waals surface area contributed by atoms with Gasteiger partial charge in [-0.2, -0.15) is 0 Å². The number of aromatic nitrogens is 1. The SMILES string of the molecule is Cc1nc(-c2ccc(Cl)s2)sc1C(=O)NC1CCN(C2CC2)C1. The van der Waals surface area contributed by atoms with E-state index in [0.717, 1.165) is 50.3 Å². The lowest BCUT2D eigenvalue weighted by atomic mass is 10.2. The smallest absolute Gasteiger partial charge is 0.263 e. The molecule has 1 atom stereocenters. The summed E-state index contributed by atoms with van der Waals surface area (Å²) < 4.78 is 0.741. The van der Waals surface area contributed by atoms with Crippen LogP contribution in [0.15, 0.2) is 12.1 Å². The average Bonchev–Trinajstić information content (AvgIpc) is 2.92. The summed E-state index contributed by atoms with van der Waals surface area (Å²) in [6.07, 6.45) is 3.69. The number of hydrogen-bond acceptors (Lipinski definition) is 5. The van der Waals surface area contributed by atoms with Crippen LogP contribution in [0.2, 0.25) is 4.34 Å². The Morgan fingerprint density at radius 3 is 2.87 bits per heavy atom. The van der Waals surface area contributed by atoms with E-state index in [2.05, 4.69) is 15.2 Å².